The van der Waals surface area contributed by atoms with Crippen LogP contribution in [-0.4, -0.2) is 17.1 Å². The van der Waals surface area contributed by atoms with Crippen molar-refractivity contribution in [2.24, 2.45) is 5.10 Å². The summed E-state index contributed by atoms with van der Waals surface area (Å²) in [6.45, 7) is 0. The van der Waals surface area contributed by atoms with E-state index in [4.69, 9.17) is 4.42 Å². The quantitative estimate of drug-likeness (QED) is 0.321. The van der Waals surface area contributed by atoms with Gasteiger partial charge >= 0.3 is 0 Å². The first-order valence-corrected chi connectivity index (χ1v) is 10.0. The number of fused-ring (bicyclic) bond motifs is 1. The van der Waals surface area contributed by atoms with Crippen molar-refractivity contribution in [2.75, 3.05) is 0 Å². The summed E-state index contributed by atoms with van der Waals surface area (Å²) in [6.07, 6.45) is 3.25. The zero-order valence-corrected chi connectivity index (χ0v) is 16.9. The number of hydrogen-bond acceptors (Lipinski definition) is 5. The number of rotatable bonds is 5. The highest BCUT2D eigenvalue weighted by atomic mass is 79.9. The molecule has 0 radical (unpaired) electrons. The van der Waals surface area contributed by atoms with Gasteiger partial charge in [0.25, 0.3) is 5.91 Å². The van der Waals surface area contributed by atoms with Crippen LogP contribution >= 0.6 is 27.7 Å². The minimum atomic E-state index is -0.291. The SMILES string of the molecule is O=C(N/N=C/c1ccc(Sc2cccc3cccnc23)o1)c1cccc(Br)c1. The third kappa shape index (κ3) is 4.32. The maximum atomic E-state index is 12.1. The molecule has 1 amide bonds. The largest absolute Gasteiger partial charge is 0.448 e. The topological polar surface area (TPSA) is 67.5 Å². The minimum Gasteiger partial charge on any atom is -0.448 e. The Morgan fingerprint density at radius 3 is 2.86 bits per heavy atom. The van der Waals surface area contributed by atoms with Crippen molar-refractivity contribution >= 4 is 50.7 Å². The van der Waals surface area contributed by atoms with Crippen molar-refractivity contribution in [1.82, 2.24) is 10.4 Å². The third-order valence-corrected chi connectivity index (χ3v) is 5.32. The Morgan fingerprint density at radius 1 is 1.11 bits per heavy atom. The molecular weight excluding hydrogens is 438 g/mol. The lowest BCUT2D eigenvalue weighted by atomic mass is 10.2. The molecule has 0 unspecified atom stereocenters. The first-order chi connectivity index (χ1) is 13.7. The second-order valence-electron chi connectivity index (χ2n) is 5.80. The van der Waals surface area contributed by atoms with Gasteiger partial charge in [0.05, 0.1) is 11.7 Å². The van der Waals surface area contributed by atoms with Crippen molar-refractivity contribution < 1.29 is 9.21 Å². The molecule has 2 heterocycles. The third-order valence-electron chi connectivity index (χ3n) is 3.85. The lowest BCUT2D eigenvalue weighted by Crippen LogP contribution is -2.17. The maximum Gasteiger partial charge on any atom is 0.271 e. The summed E-state index contributed by atoms with van der Waals surface area (Å²) in [5.41, 5.74) is 3.94. The van der Waals surface area contributed by atoms with Gasteiger partial charge in [0.15, 0.2) is 5.09 Å². The van der Waals surface area contributed by atoms with Crippen LogP contribution in [-0.2, 0) is 0 Å². The normalized spacial score (nSPS) is 11.2. The molecule has 7 heteroatoms. The molecule has 0 spiro atoms. The number of nitrogens with zero attached hydrogens (tertiary/aromatic N) is 2. The molecule has 2 aromatic carbocycles. The summed E-state index contributed by atoms with van der Waals surface area (Å²) in [4.78, 5) is 17.5. The Bertz CT molecular complexity index is 1170. The number of amides is 1. The number of carbonyl (C=O) groups excluding carboxylic acids is 1. The van der Waals surface area contributed by atoms with E-state index in [1.165, 1.54) is 18.0 Å². The predicted octanol–water partition coefficient (Wildman–Crippen LogP) is 5.51. The van der Waals surface area contributed by atoms with Crippen LogP contribution in [0.3, 0.4) is 0 Å². The Balaban J connectivity index is 1.43. The van der Waals surface area contributed by atoms with Gasteiger partial charge in [-0.25, -0.2) is 5.43 Å². The van der Waals surface area contributed by atoms with Gasteiger partial charge < -0.3 is 4.42 Å². The molecule has 0 aliphatic carbocycles. The summed E-state index contributed by atoms with van der Waals surface area (Å²) in [6, 6.07) is 20.7. The van der Waals surface area contributed by atoms with E-state index >= 15 is 0 Å². The average molecular weight is 452 g/mol. The van der Waals surface area contributed by atoms with Crippen LogP contribution in [0.2, 0.25) is 0 Å². The maximum absolute atomic E-state index is 12.1. The molecule has 28 heavy (non-hydrogen) atoms. The van der Waals surface area contributed by atoms with Gasteiger partial charge in [0, 0.05) is 26.5 Å². The van der Waals surface area contributed by atoms with E-state index in [0.717, 1.165) is 25.4 Å². The number of benzene rings is 2. The molecule has 0 saturated carbocycles. The van der Waals surface area contributed by atoms with E-state index in [0.29, 0.717) is 11.3 Å². The lowest BCUT2D eigenvalue weighted by molar-refractivity contribution is 0.0955. The fourth-order valence-corrected chi connectivity index (χ4v) is 3.88. The standard InChI is InChI=1S/C21H14BrN3O2S/c22-16-7-1-5-15(12-16)21(26)25-24-13-17-9-10-19(27-17)28-18-8-2-4-14-6-3-11-23-20(14)18/h1-13H,(H,25,26)/b24-13+. The van der Waals surface area contributed by atoms with Crippen molar-refractivity contribution in [3.05, 3.63) is 88.7 Å². The number of nitrogens with one attached hydrogen (secondary N) is 1. The fraction of sp³-hybridized carbons (Fsp3) is 0. The highest BCUT2D eigenvalue weighted by Gasteiger charge is 2.08. The molecule has 4 rings (SSSR count). The minimum absolute atomic E-state index is 0.291. The number of para-hydroxylation sites is 1. The Hall–Kier alpha value is -2.90. The number of hydrogen-bond donors (Lipinski definition) is 1. The molecule has 0 aliphatic rings. The molecule has 0 atom stereocenters. The first-order valence-electron chi connectivity index (χ1n) is 8.39. The number of furan rings is 1. The van der Waals surface area contributed by atoms with Gasteiger partial charge in [-0.05, 0) is 54.2 Å². The lowest BCUT2D eigenvalue weighted by Gasteiger charge is -2.02. The number of aromatic nitrogens is 1. The first kappa shape index (κ1) is 18.5. The van der Waals surface area contributed by atoms with Crippen LogP contribution in [0.4, 0.5) is 0 Å². The van der Waals surface area contributed by atoms with Gasteiger partial charge in [-0.3, -0.25) is 9.78 Å². The number of carbonyl (C=O) groups is 1. The van der Waals surface area contributed by atoms with Gasteiger partial charge in [-0.1, -0.05) is 40.2 Å². The highest BCUT2D eigenvalue weighted by Crippen LogP contribution is 2.33. The smallest absolute Gasteiger partial charge is 0.271 e. The summed E-state index contributed by atoms with van der Waals surface area (Å²) in [7, 11) is 0. The van der Waals surface area contributed by atoms with Gasteiger partial charge in [-0.15, -0.1) is 0 Å². The van der Waals surface area contributed by atoms with Crippen LogP contribution < -0.4 is 5.43 Å². The summed E-state index contributed by atoms with van der Waals surface area (Å²) < 4.78 is 6.60. The predicted molar refractivity (Wildman–Crippen MR) is 114 cm³/mol. The number of hydrazone groups is 1. The van der Waals surface area contributed by atoms with E-state index in [1.807, 2.05) is 42.5 Å². The van der Waals surface area contributed by atoms with Crippen LogP contribution in [0.15, 0.2) is 96.9 Å². The molecule has 138 valence electrons. The monoisotopic (exact) mass is 451 g/mol. The fourth-order valence-electron chi connectivity index (χ4n) is 2.57. The number of pyridine rings is 1. The van der Waals surface area contributed by atoms with Crippen LogP contribution in [0, 0.1) is 0 Å². The van der Waals surface area contributed by atoms with E-state index in [1.54, 1.807) is 30.5 Å². The van der Waals surface area contributed by atoms with E-state index < -0.39 is 0 Å². The highest BCUT2D eigenvalue weighted by molar-refractivity contribution is 9.10. The Kier molecular flexibility index (Phi) is 5.55. The van der Waals surface area contributed by atoms with Crippen molar-refractivity contribution in [2.45, 2.75) is 9.99 Å². The number of halogens is 1. The van der Waals surface area contributed by atoms with Crippen LogP contribution in [0.1, 0.15) is 16.1 Å². The van der Waals surface area contributed by atoms with Crippen molar-refractivity contribution in [3.63, 3.8) is 0 Å². The molecule has 0 bridgehead atoms. The molecule has 0 aliphatic heterocycles. The zero-order chi connectivity index (χ0) is 19.3. The van der Waals surface area contributed by atoms with E-state index in [9.17, 15) is 4.79 Å². The molecule has 0 saturated heterocycles. The van der Waals surface area contributed by atoms with Crippen LogP contribution in [0.5, 0.6) is 0 Å². The van der Waals surface area contributed by atoms with E-state index in [-0.39, 0.29) is 5.91 Å². The second-order valence-corrected chi connectivity index (χ2v) is 7.76. The molecule has 4 aromatic rings. The van der Waals surface area contributed by atoms with Crippen molar-refractivity contribution in [1.29, 1.82) is 0 Å². The van der Waals surface area contributed by atoms with Crippen LogP contribution in [0.25, 0.3) is 10.9 Å². The Labute approximate surface area is 174 Å². The molecular formula is C21H14BrN3O2S. The molecule has 5 nitrogen and oxygen atoms in total. The van der Waals surface area contributed by atoms with Crippen molar-refractivity contribution in [3.8, 4) is 0 Å². The van der Waals surface area contributed by atoms with E-state index in [2.05, 4.69) is 31.4 Å². The average Bonchev–Trinajstić information content (AvgIpc) is 3.15. The zero-order valence-electron chi connectivity index (χ0n) is 14.5. The second kappa shape index (κ2) is 8.41. The molecule has 2 aromatic heterocycles. The molecule has 0 fully saturated rings. The summed E-state index contributed by atoms with van der Waals surface area (Å²) >= 11 is 4.83. The molecule has 1 N–H and O–H groups in total. The van der Waals surface area contributed by atoms with Gasteiger partial charge in [0.1, 0.15) is 5.76 Å². The summed E-state index contributed by atoms with van der Waals surface area (Å²) in [5, 5.41) is 5.76. The van der Waals surface area contributed by atoms with Gasteiger partial charge in [0.2, 0.25) is 0 Å². The van der Waals surface area contributed by atoms with Gasteiger partial charge in [-0.2, -0.15) is 5.10 Å². The Morgan fingerprint density at radius 2 is 1.96 bits per heavy atom. The summed E-state index contributed by atoms with van der Waals surface area (Å²) in [5.74, 6) is 0.255.